The average Bonchev–Trinajstić information content (AvgIpc) is 3.66. The number of carbonyl (C=O) groups is 1. The zero-order valence-corrected chi connectivity index (χ0v) is 21.3. The van der Waals surface area contributed by atoms with Gasteiger partial charge in [0.05, 0.1) is 18.9 Å². The van der Waals surface area contributed by atoms with Crippen LogP contribution in [0.4, 0.5) is 5.82 Å². The number of nitrogens with one attached hydrogen (secondary N) is 1. The molecule has 5 heterocycles. The Morgan fingerprint density at radius 2 is 2.08 bits per heavy atom. The Balaban J connectivity index is 1.17. The summed E-state index contributed by atoms with van der Waals surface area (Å²) in [6.07, 6.45) is 4.23. The van der Waals surface area contributed by atoms with Crippen LogP contribution in [0.3, 0.4) is 0 Å². The van der Waals surface area contributed by atoms with E-state index >= 15 is 0 Å². The maximum atomic E-state index is 11.8. The van der Waals surface area contributed by atoms with Crippen LogP contribution < -0.4 is 4.90 Å². The number of likely N-dealkylation sites (tertiary alicyclic amines) is 1. The van der Waals surface area contributed by atoms with E-state index in [4.69, 9.17) is 4.74 Å². The second-order valence-corrected chi connectivity index (χ2v) is 11.2. The van der Waals surface area contributed by atoms with E-state index in [1.54, 1.807) is 6.33 Å². The first-order chi connectivity index (χ1) is 17.5. The van der Waals surface area contributed by atoms with Crippen molar-refractivity contribution in [2.75, 3.05) is 38.2 Å². The molecule has 1 aromatic carbocycles. The second-order valence-electron chi connectivity index (χ2n) is 10.1. The highest BCUT2D eigenvalue weighted by Crippen LogP contribution is 2.43. The van der Waals surface area contributed by atoms with E-state index in [9.17, 15) is 10.1 Å². The monoisotopic (exact) mass is 500 g/mol. The first-order valence-electron chi connectivity index (χ1n) is 12.3. The van der Waals surface area contributed by atoms with Gasteiger partial charge in [-0.25, -0.2) is 9.97 Å². The molecule has 2 aliphatic rings. The highest BCUT2D eigenvalue weighted by Gasteiger charge is 2.44. The number of benzene rings is 1. The molecule has 0 bridgehead atoms. The van der Waals surface area contributed by atoms with Gasteiger partial charge >= 0.3 is 5.97 Å². The number of ether oxygens (including phenoxy) is 1. The van der Waals surface area contributed by atoms with Gasteiger partial charge in [-0.05, 0) is 55.6 Å². The predicted octanol–water partition coefficient (Wildman–Crippen LogP) is 4.17. The van der Waals surface area contributed by atoms with Gasteiger partial charge in [-0.3, -0.25) is 9.69 Å². The first kappa shape index (κ1) is 23.0. The van der Waals surface area contributed by atoms with Crippen LogP contribution in [-0.4, -0.2) is 59.1 Å². The number of rotatable bonds is 5. The SMILES string of the molecule is COC(=O)Cc1cc2c(N3CCC4(CCN(Cc5ccc6[nH]c(C#N)cc6c5C)C4)C3)ncnc2s1. The Hall–Kier alpha value is -3.48. The number of carbonyl (C=O) groups excluding carboxylic acids is 1. The third-order valence-electron chi connectivity index (χ3n) is 7.86. The van der Waals surface area contributed by atoms with Crippen molar-refractivity contribution in [3.8, 4) is 6.07 Å². The summed E-state index contributed by atoms with van der Waals surface area (Å²) in [7, 11) is 1.42. The fourth-order valence-electron chi connectivity index (χ4n) is 5.92. The smallest absolute Gasteiger partial charge is 0.310 e. The van der Waals surface area contributed by atoms with Crippen molar-refractivity contribution < 1.29 is 9.53 Å². The minimum absolute atomic E-state index is 0.237. The second kappa shape index (κ2) is 8.87. The number of aromatic amines is 1. The molecule has 2 saturated heterocycles. The topological polar surface area (TPSA) is 98.1 Å². The lowest BCUT2D eigenvalue weighted by Gasteiger charge is -2.25. The lowest BCUT2D eigenvalue weighted by molar-refractivity contribution is -0.139. The highest BCUT2D eigenvalue weighted by molar-refractivity contribution is 7.18. The summed E-state index contributed by atoms with van der Waals surface area (Å²) in [6.45, 7) is 7.21. The van der Waals surface area contributed by atoms with Crippen molar-refractivity contribution in [2.24, 2.45) is 5.41 Å². The van der Waals surface area contributed by atoms with Crippen LogP contribution in [0.25, 0.3) is 21.1 Å². The molecule has 4 aromatic rings. The molecule has 1 N–H and O–H groups in total. The molecule has 3 aromatic heterocycles. The maximum Gasteiger partial charge on any atom is 0.310 e. The number of esters is 1. The number of methoxy groups -OCH3 is 1. The largest absolute Gasteiger partial charge is 0.469 e. The van der Waals surface area contributed by atoms with E-state index < -0.39 is 0 Å². The third kappa shape index (κ3) is 4.00. The number of nitrogens with zero attached hydrogens (tertiary/aromatic N) is 5. The molecule has 1 atom stereocenters. The van der Waals surface area contributed by atoms with Crippen molar-refractivity contribution in [1.29, 1.82) is 5.26 Å². The van der Waals surface area contributed by atoms with Crippen LogP contribution in [0.2, 0.25) is 0 Å². The van der Waals surface area contributed by atoms with Gasteiger partial charge in [0, 0.05) is 47.4 Å². The zero-order valence-electron chi connectivity index (χ0n) is 20.5. The lowest BCUT2D eigenvalue weighted by atomic mass is 9.86. The molecule has 1 unspecified atom stereocenters. The van der Waals surface area contributed by atoms with Crippen molar-refractivity contribution in [1.82, 2.24) is 19.9 Å². The van der Waals surface area contributed by atoms with Gasteiger partial charge in [0.1, 0.15) is 28.7 Å². The summed E-state index contributed by atoms with van der Waals surface area (Å²) >= 11 is 1.54. The van der Waals surface area contributed by atoms with E-state index in [0.717, 1.165) is 71.0 Å². The standard InChI is InChI=1S/C27H28N6O2S/c1-17-18(3-4-23-21(17)9-19(12-28)31-23)13-32-7-5-27(14-32)6-8-33(15-27)25-22-10-20(11-24(34)35-2)36-26(22)30-16-29-25/h3-4,9-10,16,31H,5-8,11,13-15H2,1-2H3. The molecular formula is C27H28N6O2S. The zero-order chi connectivity index (χ0) is 24.9. The van der Waals surface area contributed by atoms with E-state index in [1.807, 2.05) is 6.07 Å². The number of fused-ring (bicyclic) bond motifs is 2. The fourth-order valence-corrected chi connectivity index (χ4v) is 6.90. The van der Waals surface area contributed by atoms with E-state index in [-0.39, 0.29) is 17.8 Å². The quantitative estimate of drug-likeness (QED) is 0.411. The average molecular weight is 501 g/mol. The molecule has 2 aliphatic heterocycles. The van der Waals surface area contributed by atoms with Crippen molar-refractivity contribution in [3.05, 3.63) is 52.3 Å². The summed E-state index contributed by atoms with van der Waals surface area (Å²) in [5.41, 5.74) is 4.48. The molecule has 0 amide bonds. The molecule has 0 aliphatic carbocycles. The minimum Gasteiger partial charge on any atom is -0.469 e. The van der Waals surface area contributed by atoms with Gasteiger partial charge < -0.3 is 14.6 Å². The Bertz CT molecular complexity index is 1520. The van der Waals surface area contributed by atoms with Crippen LogP contribution in [0.5, 0.6) is 0 Å². The summed E-state index contributed by atoms with van der Waals surface area (Å²) in [4.78, 5) is 30.9. The van der Waals surface area contributed by atoms with Gasteiger partial charge in [0.2, 0.25) is 0 Å². The first-order valence-corrected chi connectivity index (χ1v) is 13.1. The van der Waals surface area contributed by atoms with E-state index in [1.165, 1.54) is 36.0 Å². The number of aromatic nitrogens is 3. The number of H-pyrrole nitrogens is 1. The molecule has 6 rings (SSSR count). The van der Waals surface area contributed by atoms with Crippen molar-refractivity contribution >= 4 is 44.2 Å². The van der Waals surface area contributed by atoms with Crippen LogP contribution in [0.15, 0.2) is 30.6 Å². The minimum atomic E-state index is -0.237. The number of hydrogen-bond acceptors (Lipinski definition) is 8. The van der Waals surface area contributed by atoms with Crippen LogP contribution in [0, 0.1) is 23.7 Å². The normalized spacial score (nSPS) is 20.1. The lowest BCUT2D eigenvalue weighted by Crippen LogP contribution is -2.31. The predicted molar refractivity (Wildman–Crippen MR) is 140 cm³/mol. The third-order valence-corrected chi connectivity index (χ3v) is 8.90. The van der Waals surface area contributed by atoms with Crippen molar-refractivity contribution in [2.45, 2.75) is 32.7 Å². The summed E-state index contributed by atoms with van der Waals surface area (Å²) in [6, 6.07) is 10.5. The molecule has 2 fully saturated rings. The van der Waals surface area contributed by atoms with E-state index in [2.05, 4.69) is 55.9 Å². The molecule has 1 spiro atoms. The molecule has 184 valence electrons. The number of nitriles is 1. The van der Waals surface area contributed by atoms with Crippen LogP contribution >= 0.6 is 11.3 Å². The Morgan fingerprint density at radius 3 is 2.92 bits per heavy atom. The summed E-state index contributed by atoms with van der Waals surface area (Å²) in [5.74, 6) is 0.739. The van der Waals surface area contributed by atoms with Gasteiger partial charge in [0.25, 0.3) is 0 Å². The molecule has 9 heteroatoms. The molecule has 0 radical (unpaired) electrons. The summed E-state index contributed by atoms with van der Waals surface area (Å²) < 4.78 is 4.83. The maximum absolute atomic E-state index is 11.8. The Kier molecular flexibility index (Phi) is 5.66. The number of aryl methyl sites for hydroxylation is 1. The van der Waals surface area contributed by atoms with Gasteiger partial charge in [-0.1, -0.05) is 6.07 Å². The molecular weight excluding hydrogens is 472 g/mol. The van der Waals surface area contributed by atoms with Crippen LogP contribution in [0.1, 0.15) is 34.5 Å². The highest BCUT2D eigenvalue weighted by atomic mass is 32.1. The number of thiophene rings is 1. The summed E-state index contributed by atoms with van der Waals surface area (Å²) in [5, 5.41) is 11.4. The van der Waals surface area contributed by atoms with Gasteiger partial charge in [-0.2, -0.15) is 5.26 Å². The van der Waals surface area contributed by atoms with E-state index in [0.29, 0.717) is 5.69 Å². The van der Waals surface area contributed by atoms with Gasteiger partial charge in [0.15, 0.2) is 0 Å². The Labute approximate surface area is 213 Å². The van der Waals surface area contributed by atoms with Gasteiger partial charge in [-0.15, -0.1) is 11.3 Å². The molecule has 0 saturated carbocycles. The number of anilines is 1. The molecule has 36 heavy (non-hydrogen) atoms. The number of hydrogen-bond donors (Lipinski definition) is 1. The van der Waals surface area contributed by atoms with Crippen molar-refractivity contribution in [3.63, 3.8) is 0 Å². The Morgan fingerprint density at radius 1 is 1.22 bits per heavy atom. The van der Waals surface area contributed by atoms with Crippen LogP contribution in [-0.2, 0) is 22.5 Å². The fraction of sp³-hybridized carbons (Fsp3) is 0.407. The molecule has 8 nitrogen and oxygen atoms in total.